The van der Waals surface area contributed by atoms with Gasteiger partial charge in [-0.1, -0.05) is 19.0 Å². The van der Waals surface area contributed by atoms with Crippen LogP contribution in [0.25, 0.3) is 0 Å². The van der Waals surface area contributed by atoms with E-state index in [9.17, 15) is 0 Å². The molecule has 1 aliphatic rings. The lowest BCUT2D eigenvalue weighted by molar-refractivity contribution is -0.0334. The van der Waals surface area contributed by atoms with Gasteiger partial charge in [-0.25, -0.2) is 0 Å². The highest BCUT2D eigenvalue weighted by Gasteiger charge is 2.25. The fourth-order valence-electron chi connectivity index (χ4n) is 2.29. The maximum absolute atomic E-state index is 5.72. The molecule has 1 aromatic heterocycles. The smallest absolute Gasteiger partial charge is 0.228 e. The second-order valence-electron chi connectivity index (χ2n) is 4.90. The van der Waals surface area contributed by atoms with Crippen molar-refractivity contribution in [3.8, 4) is 0 Å². The van der Waals surface area contributed by atoms with E-state index in [1.165, 1.54) is 0 Å². The van der Waals surface area contributed by atoms with Crippen molar-refractivity contribution in [2.75, 3.05) is 33.3 Å². The number of aromatic nitrogens is 2. The molecule has 2 unspecified atom stereocenters. The summed E-state index contributed by atoms with van der Waals surface area (Å²) >= 11 is 0. The Labute approximate surface area is 114 Å². The molecule has 2 atom stereocenters. The lowest BCUT2D eigenvalue weighted by Crippen LogP contribution is -2.38. The van der Waals surface area contributed by atoms with Crippen molar-refractivity contribution in [3.63, 3.8) is 0 Å². The average Bonchev–Trinajstić information content (AvgIpc) is 2.93. The van der Waals surface area contributed by atoms with Crippen molar-refractivity contribution in [2.45, 2.75) is 38.8 Å². The van der Waals surface area contributed by atoms with Crippen LogP contribution < -0.4 is 5.32 Å². The minimum atomic E-state index is -0.0548. The van der Waals surface area contributed by atoms with Gasteiger partial charge in [-0.3, -0.25) is 4.90 Å². The molecule has 0 spiro atoms. The first kappa shape index (κ1) is 14.4. The lowest BCUT2D eigenvalue weighted by Gasteiger charge is -2.30. The number of nitrogens with one attached hydrogen (secondary N) is 1. The molecule has 0 aliphatic carbocycles. The summed E-state index contributed by atoms with van der Waals surface area (Å²) in [5.41, 5.74) is 0. The molecule has 6 heteroatoms. The molecule has 0 radical (unpaired) electrons. The maximum atomic E-state index is 5.72. The zero-order chi connectivity index (χ0) is 13.7. The minimum Gasteiger partial charge on any atom is -0.367 e. The highest BCUT2D eigenvalue weighted by atomic mass is 16.5. The van der Waals surface area contributed by atoms with Gasteiger partial charge in [-0.05, 0) is 20.0 Å². The first-order valence-corrected chi connectivity index (χ1v) is 7.10. The number of nitrogens with zero attached hydrogens (tertiary/aromatic N) is 3. The predicted octanol–water partition coefficient (Wildman–Crippen LogP) is 1.00. The molecule has 1 N–H and O–H groups in total. The van der Waals surface area contributed by atoms with Gasteiger partial charge in [0, 0.05) is 25.6 Å². The summed E-state index contributed by atoms with van der Waals surface area (Å²) in [6.45, 7) is 7.89. The third kappa shape index (κ3) is 3.75. The van der Waals surface area contributed by atoms with Crippen molar-refractivity contribution < 1.29 is 9.26 Å². The summed E-state index contributed by atoms with van der Waals surface area (Å²) in [5.74, 6) is 1.37. The van der Waals surface area contributed by atoms with Crippen molar-refractivity contribution in [3.05, 3.63) is 11.7 Å². The van der Waals surface area contributed by atoms with E-state index < -0.39 is 0 Å². The number of morpholine rings is 1. The van der Waals surface area contributed by atoms with Gasteiger partial charge in [-0.2, -0.15) is 4.98 Å². The Kier molecular flexibility index (Phi) is 5.30. The first-order chi connectivity index (χ1) is 9.26. The van der Waals surface area contributed by atoms with Gasteiger partial charge in [0.25, 0.3) is 0 Å². The van der Waals surface area contributed by atoms with Gasteiger partial charge in [0.05, 0.1) is 6.61 Å². The molecule has 19 heavy (non-hydrogen) atoms. The Hall–Kier alpha value is -0.980. The van der Waals surface area contributed by atoms with Crippen LogP contribution in [0.1, 0.15) is 38.1 Å². The first-order valence-electron chi connectivity index (χ1n) is 7.10. The molecular formula is C13H24N4O2. The van der Waals surface area contributed by atoms with Crippen LogP contribution in [0, 0.1) is 0 Å². The van der Waals surface area contributed by atoms with Gasteiger partial charge in [0.2, 0.25) is 11.7 Å². The summed E-state index contributed by atoms with van der Waals surface area (Å²) in [7, 11) is 1.95. The van der Waals surface area contributed by atoms with Crippen LogP contribution in [0.5, 0.6) is 0 Å². The Balaban J connectivity index is 1.96. The normalized spacial score (nSPS) is 22.6. The van der Waals surface area contributed by atoms with E-state index in [2.05, 4.69) is 34.2 Å². The molecule has 6 nitrogen and oxygen atoms in total. The monoisotopic (exact) mass is 268 g/mol. The summed E-state index contributed by atoms with van der Waals surface area (Å²) in [6, 6.07) is 0.382. The Morgan fingerprint density at radius 3 is 3.00 bits per heavy atom. The van der Waals surface area contributed by atoms with E-state index >= 15 is 0 Å². The van der Waals surface area contributed by atoms with Crippen LogP contribution in [0.15, 0.2) is 4.52 Å². The van der Waals surface area contributed by atoms with Gasteiger partial charge >= 0.3 is 0 Å². The lowest BCUT2D eigenvalue weighted by atomic mass is 10.1. The van der Waals surface area contributed by atoms with E-state index in [0.717, 1.165) is 39.1 Å². The van der Waals surface area contributed by atoms with E-state index in [-0.39, 0.29) is 6.10 Å². The molecule has 0 saturated carbocycles. The van der Waals surface area contributed by atoms with Gasteiger partial charge < -0.3 is 14.6 Å². The number of hydrogen-bond acceptors (Lipinski definition) is 6. The van der Waals surface area contributed by atoms with Crippen molar-refractivity contribution in [1.29, 1.82) is 0 Å². The number of likely N-dealkylation sites (N-methyl/N-ethyl adjacent to an activating group) is 2. The van der Waals surface area contributed by atoms with Crippen molar-refractivity contribution in [2.24, 2.45) is 0 Å². The molecular weight excluding hydrogens is 244 g/mol. The molecule has 0 bridgehead atoms. The summed E-state index contributed by atoms with van der Waals surface area (Å²) in [4.78, 5) is 6.81. The molecule has 1 aromatic rings. The standard InChI is InChI=1S/C13H24N4O2/c1-4-10(14-3)8-12-15-13(16-19-12)11-9-17(5-2)6-7-18-11/h10-11,14H,4-9H2,1-3H3. The van der Waals surface area contributed by atoms with E-state index in [1.807, 2.05) is 7.05 Å². The molecule has 1 fully saturated rings. The van der Waals surface area contributed by atoms with E-state index in [1.54, 1.807) is 0 Å². The third-order valence-electron chi connectivity index (χ3n) is 3.69. The second-order valence-corrected chi connectivity index (χ2v) is 4.90. The van der Waals surface area contributed by atoms with Gasteiger partial charge in [0.1, 0.15) is 6.10 Å². The highest BCUT2D eigenvalue weighted by molar-refractivity contribution is 4.95. The maximum Gasteiger partial charge on any atom is 0.228 e. The van der Waals surface area contributed by atoms with Gasteiger partial charge in [-0.15, -0.1) is 0 Å². The molecule has 108 valence electrons. The average molecular weight is 268 g/mol. The van der Waals surface area contributed by atoms with Gasteiger partial charge in [0.15, 0.2) is 0 Å². The number of ether oxygens (including phenoxy) is 1. The van der Waals surface area contributed by atoms with E-state index in [0.29, 0.717) is 17.8 Å². The van der Waals surface area contributed by atoms with Crippen molar-refractivity contribution in [1.82, 2.24) is 20.4 Å². The zero-order valence-corrected chi connectivity index (χ0v) is 12.1. The Morgan fingerprint density at radius 2 is 2.32 bits per heavy atom. The largest absolute Gasteiger partial charge is 0.367 e. The SMILES string of the molecule is CCC(Cc1nc(C2CN(CC)CCO2)no1)NC. The van der Waals surface area contributed by atoms with Crippen molar-refractivity contribution >= 4 is 0 Å². The van der Waals surface area contributed by atoms with Crippen LogP contribution in [0.3, 0.4) is 0 Å². The molecule has 1 saturated heterocycles. The summed E-state index contributed by atoms with van der Waals surface area (Å²) < 4.78 is 11.0. The van der Waals surface area contributed by atoms with Crippen LogP contribution in [-0.4, -0.2) is 54.4 Å². The predicted molar refractivity (Wildman–Crippen MR) is 71.9 cm³/mol. The fraction of sp³-hybridized carbons (Fsp3) is 0.846. The number of rotatable bonds is 6. The second kappa shape index (κ2) is 6.98. The third-order valence-corrected chi connectivity index (χ3v) is 3.69. The van der Waals surface area contributed by atoms with E-state index in [4.69, 9.17) is 9.26 Å². The summed E-state index contributed by atoms with van der Waals surface area (Å²) in [5, 5.41) is 7.30. The molecule has 2 rings (SSSR count). The molecule has 0 amide bonds. The van der Waals surface area contributed by atoms with Crippen LogP contribution in [0.4, 0.5) is 0 Å². The topological polar surface area (TPSA) is 63.4 Å². The quantitative estimate of drug-likeness (QED) is 0.830. The summed E-state index contributed by atoms with van der Waals surface area (Å²) in [6.07, 6.45) is 1.75. The Bertz CT molecular complexity index is 378. The fourth-order valence-corrected chi connectivity index (χ4v) is 2.29. The minimum absolute atomic E-state index is 0.0548. The molecule has 1 aliphatic heterocycles. The molecule has 2 heterocycles. The van der Waals surface area contributed by atoms with Crippen LogP contribution in [-0.2, 0) is 11.2 Å². The van der Waals surface area contributed by atoms with Crippen LogP contribution >= 0.6 is 0 Å². The Morgan fingerprint density at radius 1 is 1.47 bits per heavy atom. The molecule has 0 aromatic carbocycles. The number of hydrogen-bond donors (Lipinski definition) is 1. The van der Waals surface area contributed by atoms with Crippen LogP contribution in [0.2, 0.25) is 0 Å². The highest BCUT2D eigenvalue weighted by Crippen LogP contribution is 2.19. The zero-order valence-electron chi connectivity index (χ0n) is 12.1.